The van der Waals surface area contributed by atoms with E-state index in [0.717, 1.165) is 22.6 Å². The van der Waals surface area contributed by atoms with E-state index >= 15 is 0 Å². The van der Waals surface area contributed by atoms with Crippen molar-refractivity contribution < 1.29 is 4.79 Å². The van der Waals surface area contributed by atoms with Crippen molar-refractivity contribution in [3.8, 4) is 5.69 Å². The molecule has 40 heavy (non-hydrogen) atoms. The average Bonchev–Trinajstić information content (AvgIpc) is 3.41. The van der Waals surface area contributed by atoms with Crippen molar-refractivity contribution in [2.24, 2.45) is 5.92 Å². The molecule has 1 amide bonds. The second-order valence-corrected chi connectivity index (χ2v) is 11.5. The number of pyridine rings is 1. The molecule has 2 atom stereocenters. The van der Waals surface area contributed by atoms with Crippen molar-refractivity contribution in [3.05, 3.63) is 106 Å². The van der Waals surface area contributed by atoms with E-state index < -0.39 is 0 Å². The lowest BCUT2D eigenvalue weighted by Crippen LogP contribution is -2.29. The van der Waals surface area contributed by atoms with E-state index in [4.69, 9.17) is 17.2 Å². The number of benzene rings is 2. The number of carbonyl (C=O) groups is 1. The van der Waals surface area contributed by atoms with Gasteiger partial charge in [-0.3, -0.25) is 9.78 Å². The van der Waals surface area contributed by atoms with Crippen LogP contribution < -0.4 is 15.5 Å². The number of aromatic nitrogens is 2. The van der Waals surface area contributed by atoms with E-state index in [-0.39, 0.29) is 23.9 Å². The van der Waals surface area contributed by atoms with Crippen LogP contribution in [0.25, 0.3) is 5.69 Å². The lowest BCUT2D eigenvalue weighted by atomic mass is 9.96. The Morgan fingerprint density at radius 3 is 2.42 bits per heavy atom. The summed E-state index contributed by atoms with van der Waals surface area (Å²) in [5.41, 5.74) is 10.9. The minimum absolute atomic E-state index is 0.00110. The van der Waals surface area contributed by atoms with Crippen molar-refractivity contribution in [1.82, 2.24) is 14.9 Å². The molecule has 0 radical (unpaired) electrons. The molecule has 206 valence electrons. The van der Waals surface area contributed by atoms with Crippen LogP contribution in [0.2, 0.25) is 0 Å². The maximum absolute atomic E-state index is 12.4. The highest BCUT2D eigenvalue weighted by molar-refractivity contribution is 7.80. The van der Waals surface area contributed by atoms with Crippen LogP contribution in [0.4, 0.5) is 11.4 Å². The lowest BCUT2D eigenvalue weighted by molar-refractivity contribution is -0.118. The zero-order valence-electron chi connectivity index (χ0n) is 24.2. The van der Waals surface area contributed by atoms with Gasteiger partial charge in [-0.25, -0.2) is 0 Å². The van der Waals surface area contributed by atoms with Crippen molar-refractivity contribution in [2.75, 3.05) is 10.2 Å². The Hall–Kier alpha value is -3.97. The number of thiocarbonyl (C=S) groups is 1. The van der Waals surface area contributed by atoms with E-state index in [1.807, 2.05) is 51.2 Å². The molecular weight excluding hydrogens is 514 g/mol. The molecule has 3 heterocycles. The van der Waals surface area contributed by atoms with Gasteiger partial charge in [0.15, 0.2) is 5.11 Å². The second kappa shape index (κ2) is 10.9. The molecule has 0 aliphatic carbocycles. The number of aryl methyl sites for hydroxylation is 4. The molecule has 6 nitrogen and oxygen atoms in total. The fourth-order valence-electron chi connectivity index (χ4n) is 5.58. The standard InChI is InChI=1S/C33H37N5OS/c1-19(2)32(39)35-27-14-13-25(17-22(27)5)38-31(30(36-33(38)40)28-10-8-9-15-34-28)26-18-23(6)37(24(26)7)29-16-20(3)11-12-21(29)4/h8-19,30-31H,1-7H3,(H,35,39)(H,36,40). The van der Waals surface area contributed by atoms with Gasteiger partial charge in [0.25, 0.3) is 0 Å². The minimum Gasteiger partial charge on any atom is -0.351 e. The van der Waals surface area contributed by atoms with E-state index in [9.17, 15) is 4.79 Å². The molecule has 2 aromatic carbocycles. The molecule has 0 bridgehead atoms. The molecule has 1 aliphatic rings. The Morgan fingerprint density at radius 2 is 1.75 bits per heavy atom. The first-order valence-electron chi connectivity index (χ1n) is 13.8. The van der Waals surface area contributed by atoms with E-state index in [1.54, 1.807) is 0 Å². The molecule has 0 saturated carbocycles. The largest absolute Gasteiger partial charge is 0.351 e. The lowest BCUT2D eigenvalue weighted by Gasteiger charge is -2.29. The summed E-state index contributed by atoms with van der Waals surface area (Å²) in [5.74, 6) is -0.0913. The number of hydrogen-bond donors (Lipinski definition) is 2. The highest BCUT2D eigenvalue weighted by atomic mass is 32.1. The predicted molar refractivity (Wildman–Crippen MR) is 167 cm³/mol. The first kappa shape index (κ1) is 27.6. The second-order valence-electron chi connectivity index (χ2n) is 11.1. The number of nitrogens with one attached hydrogen (secondary N) is 2. The molecule has 5 rings (SSSR count). The molecule has 7 heteroatoms. The third-order valence-electron chi connectivity index (χ3n) is 7.76. The zero-order chi connectivity index (χ0) is 28.7. The quantitative estimate of drug-likeness (QED) is 0.249. The predicted octanol–water partition coefficient (Wildman–Crippen LogP) is 7.19. The maximum Gasteiger partial charge on any atom is 0.226 e. The van der Waals surface area contributed by atoms with Crippen LogP contribution in [0.1, 0.15) is 65.3 Å². The summed E-state index contributed by atoms with van der Waals surface area (Å²) < 4.78 is 2.35. The van der Waals surface area contributed by atoms with Gasteiger partial charge in [0.05, 0.1) is 17.8 Å². The molecule has 2 unspecified atom stereocenters. The smallest absolute Gasteiger partial charge is 0.226 e. The van der Waals surface area contributed by atoms with Gasteiger partial charge >= 0.3 is 0 Å². The van der Waals surface area contributed by atoms with Gasteiger partial charge in [-0.05, 0) is 112 Å². The van der Waals surface area contributed by atoms with Crippen LogP contribution in [-0.2, 0) is 4.79 Å². The molecule has 2 aromatic heterocycles. The van der Waals surface area contributed by atoms with Gasteiger partial charge in [0.2, 0.25) is 5.91 Å². The third kappa shape index (κ3) is 5.02. The summed E-state index contributed by atoms with van der Waals surface area (Å²) >= 11 is 5.98. The number of anilines is 2. The Bertz CT molecular complexity index is 1590. The first-order chi connectivity index (χ1) is 19.1. The molecule has 4 aromatic rings. The Balaban J connectivity index is 1.64. The molecule has 1 saturated heterocycles. The van der Waals surface area contributed by atoms with Crippen LogP contribution >= 0.6 is 12.2 Å². The number of rotatable bonds is 6. The van der Waals surface area contributed by atoms with Gasteiger partial charge in [-0.2, -0.15) is 0 Å². The summed E-state index contributed by atoms with van der Waals surface area (Å²) in [4.78, 5) is 19.3. The van der Waals surface area contributed by atoms with Gasteiger partial charge in [0, 0.05) is 40.6 Å². The van der Waals surface area contributed by atoms with E-state index in [2.05, 4.69) is 84.2 Å². The third-order valence-corrected chi connectivity index (χ3v) is 8.08. The Labute approximate surface area is 242 Å². The molecule has 1 aliphatic heterocycles. The average molecular weight is 552 g/mol. The maximum atomic E-state index is 12.4. The number of carbonyl (C=O) groups excluding carboxylic acids is 1. The number of nitrogens with zero attached hydrogens (tertiary/aromatic N) is 3. The van der Waals surface area contributed by atoms with Crippen molar-refractivity contribution in [1.29, 1.82) is 0 Å². The fourth-order valence-corrected chi connectivity index (χ4v) is 5.93. The summed E-state index contributed by atoms with van der Waals surface area (Å²) in [6.07, 6.45) is 1.83. The fraction of sp³-hybridized carbons (Fsp3) is 0.303. The SMILES string of the molecule is Cc1ccc(C)c(-n2c(C)cc(C3C(c4ccccn4)NC(=S)N3c3ccc(NC(=O)C(C)C)c(C)c3)c2C)c1. The van der Waals surface area contributed by atoms with Gasteiger partial charge < -0.3 is 20.1 Å². The van der Waals surface area contributed by atoms with Crippen LogP contribution in [0.15, 0.2) is 66.9 Å². The highest BCUT2D eigenvalue weighted by Crippen LogP contribution is 2.44. The van der Waals surface area contributed by atoms with Gasteiger partial charge in [-0.15, -0.1) is 0 Å². The van der Waals surface area contributed by atoms with Gasteiger partial charge in [0.1, 0.15) is 0 Å². The zero-order valence-corrected chi connectivity index (χ0v) is 25.1. The topological polar surface area (TPSA) is 62.2 Å². The number of amides is 1. The van der Waals surface area contributed by atoms with Crippen molar-refractivity contribution in [2.45, 2.75) is 60.5 Å². The van der Waals surface area contributed by atoms with Crippen LogP contribution in [0.5, 0.6) is 0 Å². The van der Waals surface area contributed by atoms with Crippen molar-refractivity contribution in [3.63, 3.8) is 0 Å². The van der Waals surface area contributed by atoms with Crippen LogP contribution in [-0.4, -0.2) is 20.6 Å². The monoisotopic (exact) mass is 551 g/mol. The summed E-state index contributed by atoms with van der Waals surface area (Å²) in [5, 5.41) is 7.27. The molecular formula is C33H37N5OS. The highest BCUT2D eigenvalue weighted by Gasteiger charge is 2.42. The molecule has 1 fully saturated rings. The normalized spacial score (nSPS) is 16.9. The first-order valence-corrected chi connectivity index (χ1v) is 14.2. The Kier molecular flexibility index (Phi) is 7.51. The van der Waals surface area contributed by atoms with E-state index in [1.165, 1.54) is 33.8 Å². The minimum atomic E-state index is -0.137. The van der Waals surface area contributed by atoms with Gasteiger partial charge in [-0.1, -0.05) is 32.0 Å². The summed E-state index contributed by atoms with van der Waals surface area (Å²) in [6.45, 7) is 14.4. The molecule has 0 spiro atoms. The van der Waals surface area contributed by atoms with Crippen LogP contribution in [0, 0.1) is 40.5 Å². The molecule has 2 N–H and O–H groups in total. The van der Waals surface area contributed by atoms with E-state index in [0.29, 0.717) is 5.11 Å². The Morgan fingerprint density at radius 1 is 0.975 bits per heavy atom. The summed E-state index contributed by atoms with van der Waals surface area (Å²) in [7, 11) is 0. The number of hydrogen-bond acceptors (Lipinski definition) is 3. The van der Waals surface area contributed by atoms with Crippen molar-refractivity contribution >= 4 is 34.6 Å². The van der Waals surface area contributed by atoms with Crippen LogP contribution in [0.3, 0.4) is 0 Å². The summed E-state index contributed by atoms with van der Waals surface area (Å²) in [6, 6.07) is 20.7.